The topological polar surface area (TPSA) is 49.9 Å². The van der Waals surface area contributed by atoms with Crippen LogP contribution in [0.1, 0.15) is 11.1 Å². The van der Waals surface area contributed by atoms with Crippen molar-refractivity contribution in [3.05, 3.63) is 59.2 Å². The molecule has 0 saturated carbocycles. The third-order valence-corrected chi connectivity index (χ3v) is 6.59. The summed E-state index contributed by atoms with van der Waals surface area (Å²) >= 11 is 0. The summed E-state index contributed by atoms with van der Waals surface area (Å²) < 4.78 is 59.2. The van der Waals surface area contributed by atoms with Gasteiger partial charge in [-0.3, -0.25) is 4.90 Å². The van der Waals surface area contributed by atoms with Gasteiger partial charge in [0.1, 0.15) is 22.3 Å². The van der Waals surface area contributed by atoms with Crippen molar-refractivity contribution in [2.45, 2.75) is 18.4 Å². The number of piperazine rings is 1. The smallest absolute Gasteiger partial charge is 0.246 e. The Labute approximate surface area is 158 Å². The quantitative estimate of drug-likeness (QED) is 0.780. The van der Waals surface area contributed by atoms with E-state index in [1.54, 1.807) is 7.11 Å². The fourth-order valence-corrected chi connectivity index (χ4v) is 4.71. The van der Waals surface area contributed by atoms with Gasteiger partial charge in [0.15, 0.2) is 0 Å². The average Bonchev–Trinajstić information content (AvgIpc) is 2.64. The van der Waals surface area contributed by atoms with E-state index in [0.717, 1.165) is 35.1 Å². The van der Waals surface area contributed by atoms with Crippen LogP contribution >= 0.6 is 0 Å². The van der Waals surface area contributed by atoms with Crippen molar-refractivity contribution < 1.29 is 21.9 Å². The Morgan fingerprint density at radius 3 is 2.41 bits per heavy atom. The highest BCUT2D eigenvalue weighted by Crippen LogP contribution is 2.24. The maximum absolute atomic E-state index is 13.9. The fraction of sp³-hybridized carbons (Fsp3) is 0.368. The Morgan fingerprint density at radius 1 is 1.04 bits per heavy atom. The standard InChI is InChI=1S/C19H22F2N2O3S/c1-14-3-6-18(26-2)15(11-14)13-22-7-9-23(10-8-22)27(24,25)19-12-16(20)4-5-17(19)21/h3-6,11-12H,7-10,13H2,1-2H3. The third kappa shape index (κ3) is 4.28. The summed E-state index contributed by atoms with van der Waals surface area (Å²) in [6.45, 7) is 4.05. The van der Waals surface area contributed by atoms with Gasteiger partial charge in [0, 0.05) is 38.3 Å². The lowest BCUT2D eigenvalue weighted by molar-refractivity contribution is 0.179. The lowest BCUT2D eigenvalue weighted by Gasteiger charge is -2.34. The minimum absolute atomic E-state index is 0.215. The van der Waals surface area contributed by atoms with Gasteiger partial charge in [-0.25, -0.2) is 17.2 Å². The highest BCUT2D eigenvalue weighted by Gasteiger charge is 2.31. The molecule has 1 aliphatic rings. The summed E-state index contributed by atoms with van der Waals surface area (Å²) in [4.78, 5) is 1.50. The number of halogens is 2. The highest BCUT2D eigenvalue weighted by atomic mass is 32.2. The van der Waals surface area contributed by atoms with Crippen molar-refractivity contribution in [3.8, 4) is 5.75 Å². The SMILES string of the molecule is COc1ccc(C)cc1CN1CCN(S(=O)(=O)c2cc(F)ccc2F)CC1. The molecule has 1 aliphatic heterocycles. The molecule has 0 atom stereocenters. The van der Waals surface area contributed by atoms with Crippen LogP contribution in [0, 0.1) is 18.6 Å². The number of hydrogen-bond donors (Lipinski definition) is 0. The van der Waals surface area contributed by atoms with Crippen LogP contribution < -0.4 is 4.74 Å². The summed E-state index contributed by atoms with van der Waals surface area (Å²) in [6, 6.07) is 8.40. The van der Waals surface area contributed by atoms with Gasteiger partial charge in [-0.15, -0.1) is 0 Å². The molecular formula is C19H22F2N2O3S. The number of hydrogen-bond acceptors (Lipinski definition) is 4. The van der Waals surface area contributed by atoms with E-state index in [1.807, 2.05) is 25.1 Å². The molecule has 2 aromatic carbocycles. The van der Waals surface area contributed by atoms with Gasteiger partial charge in [0.05, 0.1) is 7.11 Å². The van der Waals surface area contributed by atoms with Crippen LogP contribution in [0.15, 0.2) is 41.3 Å². The molecule has 27 heavy (non-hydrogen) atoms. The zero-order chi connectivity index (χ0) is 19.6. The van der Waals surface area contributed by atoms with Crippen molar-refractivity contribution in [2.24, 2.45) is 0 Å². The van der Waals surface area contributed by atoms with E-state index in [4.69, 9.17) is 4.74 Å². The van der Waals surface area contributed by atoms with Gasteiger partial charge in [-0.1, -0.05) is 17.7 Å². The minimum atomic E-state index is -4.06. The summed E-state index contributed by atoms with van der Waals surface area (Å²) in [7, 11) is -2.45. The molecule has 3 rings (SSSR count). The molecular weight excluding hydrogens is 374 g/mol. The van der Waals surface area contributed by atoms with E-state index >= 15 is 0 Å². The second-order valence-corrected chi connectivity index (χ2v) is 8.48. The zero-order valence-corrected chi connectivity index (χ0v) is 16.1. The van der Waals surface area contributed by atoms with Crippen LogP contribution in [0.3, 0.4) is 0 Å². The molecule has 0 aliphatic carbocycles. The number of methoxy groups -OCH3 is 1. The van der Waals surface area contributed by atoms with Crippen LogP contribution in [0.2, 0.25) is 0 Å². The van der Waals surface area contributed by atoms with Gasteiger partial charge >= 0.3 is 0 Å². The number of ether oxygens (including phenoxy) is 1. The molecule has 1 saturated heterocycles. The van der Waals surface area contributed by atoms with E-state index in [-0.39, 0.29) is 13.1 Å². The molecule has 2 aromatic rings. The van der Waals surface area contributed by atoms with E-state index in [1.165, 1.54) is 4.31 Å². The van der Waals surface area contributed by atoms with Crippen LogP contribution in [0.5, 0.6) is 5.75 Å². The molecule has 0 unspecified atom stereocenters. The van der Waals surface area contributed by atoms with E-state index in [2.05, 4.69) is 4.90 Å². The molecule has 0 amide bonds. The molecule has 8 heteroatoms. The van der Waals surface area contributed by atoms with Gasteiger partial charge in [-0.05, 0) is 31.2 Å². The Morgan fingerprint density at radius 2 is 1.74 bits per heavy atom. The molecule has 1 fully saturated rings. The summed E-state index contributed by atoms with van der Waals surface area (Å²) in [6.07, 6.45) is 0. The largest absolute Gasteiger partial charge is 0.496 e. The molecule has 0 spiro atoms. The van der Waals surface area contributed by atoms with Crippen molar-refractivity contribution in [2.75, 3.05) is 33.3 Å². The van der Waals surface area contributed by atoms with Crippen molar-refractivity contribution in [1.29, 1.82) is 0 Å². The van der Waals surface area contributed by atoms with Crippen LogP contribution in [0.4, 0.5) is 8.78 Å². The fourth-order valence-electron chi connectivity index (χ4n) is 3.21. The number of nitrogens with zero attached hydrogens (tertiary/aromatic N) is 2. The number of aryl methyl sites for hydroxylation is 1. The van der Waals surface area contributed by atoms with Crippen molar-refractivity contribution >= 4 is 10.0 Å². The summed E-state index contributed by atoms with van der Waals surface area (Å²) in [5, 5.41) is 0. The first-order chi connectivity index (χ1) is 12.8. The van der Waals surface area contributed by atoms with Crippen molar-refractivity contribution in [1.82, 2.24) is 9.21 Å². The first-order valence-corrected chi connectivity index (χ1v) is 10.1. The zero-order valence-electron chi connectivity index (χ0n) is 15.3. The predicted octanol–water partition coefficient (Wildman–Crippen LogP) is 2.79. The second-order valence-electron chi connectivity index (χ2n) is 6.57. The summed E-state index contributed by atoms with van der Waals surface area (Å²) in [5.41, 5.74) is 2.15. The normalized spacial score (nSPS) is 16.4. The first kappa shape index (κ1) is 19.7. The van der Waals surface area contributed by atoms with E-state index < -0.39 is 26.6 Å². The van der Waals surface area contributed by atoms with Crippen LogP contribution in [0.25, 0.3) is 0 Å². The first-order valence-electron chi connectivity index (χ1n) is 8.62. The Kier molecular flexibility index (Phi) is 5.78. The molecule has 1 heterocycles. The Balaban J connectivity index is 1.70. The lowest BCUT2D eigenvalue weighted by atomic mass is 10.1. The molecule has 0 aromatic heterocycles. The van der Waals surface area contributed by atoms with E-state index in [0.29, 0.717) is 19.6 Å². The summed E-state index contributed by atoms with van der Waals surface area (Å²) in [5.74, 6) is -0.930. The Bertz CT molecular complexity index is 927. The van der Waals surface area contributed by atoms with Crippen LogP contribution in [-0.4, -0.2) is 50.9 Å². The molecule has 5 nitrogen and oxygen atoms in total. The second kappa shape index (κ2) is 7.92. The maximum Gasteiger partial charge on any atom is 0.246 e. The number of sulfonamides is 1. The minimum Gasteiger partial charge on any atom is -0.496 e. The van der Waals surface area contributed by atoms with Gasteiger partial charge < -0.3 is 4.74 Å². The maximum atomic E-state index is 13.9. The van der Waals surface area contributed by atoms with E-state index in [9.17, 15) is 17.2 Å². The number of rotatable bonds is 5. The molecule has 0 bridgehead atoms. The average molecular weight is 396 g/mol. The molecule has 0 radical (unpaired) electrons. The van der Waals surface area contributed by atoms with Gasteiger partial charge in [-0.2, -0.15) is 4.31 Å². The molecule has 146 valence electrons. The number of benzene rings is 2. The third-order valence-electron chi connectivity index (χ3n) is 4.67. The van der Waals surface area contributed by atoms with Crippen molar-refractivity contribution in [3.63, 3.8) is 0 Å². The van der Waals surface area contributed by atoms with Crippen LogP contribution in [-0.2, 0) is 16.6 Å². The lowest BCUT2D eigenvalue weighted by Crippen LogP contribution is -2.48. The monoisotopic (exact) mass is 396 g/mol. The Hall–Kier alpha value is -2.03. The predicted molar refractivity (Wildman–Crippen MR) is 98.1 cm³/mol. The van der Waals surface area contributed by atoms with Gasteiger partial charge in [0.25, 0.3) is 0 Å². The molecule has 0 N–H and O–H groups in total. The van der Waals surface area contributed by atoms with Gasteiger partial charge in [0.2, 0.25) is 10.0 Å². The highest BCUT2D eigenvalue weighted by molar-refractivity contribution is 7.89.